The van der Waals surface area contributed by atoms with Crippen molar-refractivity contribution in [1.29, 1.82) is 0 Å². The third-order valence-electron chi connectivity index (χ3n) is 2.34. The molecular formula is C8H17N3O2. The molecule has 0 atom stereocenters. The first-order valence-corrected chi connectivity index (χ1v) is 4.53. The zero-order chi connectivity index (χ0) is 9.68. The number of hydrogen-bond acceptors (Lipinski definition) is 3. The van der Waals surface area contributed by atoms with E-state index in [-0.39, 0.29) is 6.03 Å². The van der Waals surface area contributed by atoms with E-state index in [0.29, 0.717) is 5.92 Å². The molecule has 0 aromatic carbocycles. The van der Waals surface area contributed by atoms with Crippen molar-refractivity contribution in [2.75, 3.05) is 26.8 Å². The number of amides is 2. The highest BCUT2D eigenvalue weighted by atomic mass is 16.5. The van der Waals surface area contributed by atoms with Gasteiger partial charge < -0.3 is 9.64 Å². The van der Waals surface area contributed by atoms with Gasteiger partial charge in [-0.3, -0.25) is 5.43 Å². The molecule has 0 unspecified atom stereocenters. The molecule has 0 aromatic heterocycles. The maximum absolute atomic E-state index is 11.0. The van der Waals surface area contributed by atoms with Crippen molar-refractivity contribution in [3.63, 3.8) is 0 Å². The molecule has 1 aliphatic heterocycles. The van der Waals surface area contributed by atoms with Gasteiger partial charge in [-0.15, -0.1) is 0 Å². The summed E-state index contributed by atoms with van der Waals surface area (Å²) in [6.07, 6.45) is 2.06. The van der Waals surface area contributed by atoms with Gasteiger partial charge in [0.15, 0.2) is 0 Å². The Morgan fingerprint density at radius 1 is 1.62 bits per heavy atom. The van der Waals surface area contributed by atoms with Crippen LogP contribution in [0.4, 0.5) is 4.79 Å². The smallest absolute Gasteiger partial charge is 0.331 e. The predicted molar refractivity (Wildman–Crippen MR) is 48.9 cm³/mol. The monoisotopic (exact) mass is 187 g/mol. The molecule has 1 fully saturated rings. The zero-order valence-corrected chi connectivity index (χ0v) is 7.95. The number of rotatable bonds is 2. The number of hydrazine groups is 1. The van der Waals surface area contributed by atoms with E-state index < -0.39 is 0 Å². The van der Waals surface area contributed by atoms with Crippen molar-refractivity contribution < 1.29 is 9.53 Å². The van der Waals surface area contributed by atoms with Gasteiger partial charge in [0.2, 0.25) is 0 Å². The summed E-state index contributed by atoms with van der Waals surface area (Å²) < 4.78 is 5.22. The fourth-order valence-electron chi connectivity index (χ4n) is 1.51. The second kappa shape index (κ2) is 5.04. The third-order valence-corrected chi connectivity index (χ3v) is 2.34. The van der Waals surface area contributed by atoms with Crippen LogP contribution in [0.3, 0.4) is 0 Å². The van der Waals surface area contributed by atoms with E-state index in [2.05, 4.69) is 5.43 Å². The molecule has 3 N–H and O–H groups in total. The molecule has 0 saturated carbocycles. The Morgan fingerprint density at radius 3 is 2.77 bits per heavy atom. The fraction of sp³-hybridized carbons (Fsp3) is 0.875. The lowest BCUT2D eigenvalue weighted by Crippen LogP contribution is -2.43. The number of ether oxygens (including phenoxy) is 1. The van der Waals surface area contributed by atoms with Crippen molar-refractivity contribution in [3.05, 3.63) is 0 Å². The standard InChI is InChI=1S/C8H17N3O2/c1-11(8(12)10-9)6-7-2-4-13-5-3-7/h7H,2-6,9H2,1H3,(H,10,12). The van der Waals surface area contributed by atoms with Crippen molar-refractivity contribution in [2.24, 2.45) is 11.8 Å². The predicted octanol–water partition coefficient (Wildman–Crippen LogP) is -0.0719. The minimum absolute atomic E-state index is 0.230. The molecule has 5 nitrogen and oxygen atoms in total. The zero-order valence-electron chi connectivity index (χ0n) is 7.95. The van der Waals surface area contributed by atoms with Gasteiger partial charge in [0.25, 0.3) is 0 Å². The molecule has 2 amide bonds. The molecular weight excluding hydrogens is 170 g/mol. The summed E-state index contributed by atoms with van der Waals surface area (Å²) in [5.74, 6) is 5.56. The summed E-state index contributed by atoms with van der Waals surface area (Å²) in [6.45, 7) is 2.37. The van der Waals surface area contributed by atoms with E-state index in [0.717, 1.165) is 32.6 Å². The van der Waals surface area contributed by atoms with Crippen LogP contribution in [-0.2, 0) is 4.74 Å². The summed E-state index contributed by atoms with van der Waals surface area (Å²) in [7, 11) is 1.75. The van der Waals surface area contributed by atoms with E-state index in [1.165, 1.54) is 0 Å². The minimum atomic E-state index is -0.230. The fourth-order valence-corrected chi connectivity index (χ4v) is 1.51. The number of nitrogens with two attached hydrogens (primary N) is 1. The number of nitrogens with zero attached hydrogens (tertiary/aromatic N) is 1. The summed E-state index contributed by atoms with van der Waals surface area (Å²) >= 11 is 0. The largest absolute Gasteiger partial charge is 0.381 e. The van der Waals surface area contributed by atoms with Crippen LogP contribution in [0.5, 0.6) is 0 Å². The van der Waals surface area contributed by atoms with Gasteiger partial charge in [0.1, 0.15) is 0 Å². The molecule has 0 spiro atoms. The number of carbonyl (C=O) groups excluding carboxylic acids is 1. The first-order valence-electron chi connectivity index (χ1n) is 4.53. The second-order valence-electron chi connectivity index (χ2n) is 3.39. The SMILES string of the molecule is CN(CC1CCOCC1)C(=O)NN. The van der Waals surface area contributed by atoms with E-state index >= 15 is 0 Å². The Kier molecular flexibility index (Phi) is 3.98. The lowest BCUT2D eigenvalue weighted by molar-refractivity contribution is 0.0586. The van der Waals surface area contributed by atoms with Gasteiger partial charge in [-0.2, -0.15) is 0 Å². The lowest BCUT2D eigenvalue weighted by atomic mass is 10.0. The van der Waals surface area contributed by atoms with Crippen molar-refractivity contribution in [3.8, 4) is 0 Å². The van der Waals surface area contributed by atoms with Crippen LogP contribution in [0, 0.1) is 5.92 Å². The van der Waals surface area contributed by atoms with E-state index in [4.69, 9.17) is 10.6 Å². The Labute approximate surface area is 78.2 Å². The average molecular weight is 187 g/mol. The maximum atomic E-state index is 11.0. The summed E-state index contributed by atoms with van der Waals surface area (Å²) in [5.41, 5.74) is 2.11. The average Bonchev–Trinajstić information content (AvgIpc) is 2.18. The summed E-state index contributed by atoms with van der Waals surface area (Å²) in [6, 6.07) is -0.230. The van der Waals surface area contributed by atoms with Crippen LogP contribution in [-0.4, -0.2) is 37.7 Å². The summed E-state index contributed by atoms with van der Waals surface area (Å²) in [4.78, 5) is 12.7. The van der Waals surface area contributed by atoms with Crippen molar-refractivity contribution in [1.82, 2.24) is 10.3 Å². The quantitative estimate of drug-likeness (QED) is 0.361. The molecule has 1 saturated heterocycles. The molecule has 0 bridgehead atoms. The summed E-state index contributed by atoms with van der Waals surface area (Å²) in [5, 5.41) is 0. The molecule has 0 aromatic rings. The van der Waals surface area contributed by atoms with E-state index in [1.54, 1.807) is 11.9 Å². The van der Waals surface area contributed by atoms with Crippen LogP contribution in [0.15, 0.2) is 0 Å². The molecule has 0 radical (unpaired) electrons. The normalized spacial score (nSPS) is 18.3. The van der Waals surface area contributed by atoms with E-state index in [9.17, 15) is 4.79 Å². The number of urea groups is 1. The Balaban J connectivity index is 2.25. The number of hydrogen-bond donors (Lipinski definition) is 2. The molecule has 0 aliphatic carbocycles. The molecule has 1 aliphatic rings. The van der Waals surface area contributed by atoms with E-state index in [1.807, 2.05) is 0 Å². The van der Waals surface area contributed by atoms with Gasteiger partial charge in [0.05, 0.1) is 0 Å². The van der Waals surface area contributed by atoms with Gasteiger partial charge in [-0.05, 0) is 18.8 Å². The van der Waals surface area contributed by atoms with Crippen LogP contribution in [0.1, 0.15) is 12.8 Å². The van der Waals surface area contributed by atoms with Crippen LogP contribution in [0.2, 0.25) is 0 Å². The lowest BCUT2D eigenvalue weighted by Gasteiger charge is -2.26. The molecule has 1 rings (SSSR count). The molecule has 1 heterocycles. The molecule has 76 valence electrons. The Morgan fingerprint density at radius 2 is 2.23 bits per heavy atom. The van der Waals surface area contributed by atoms with Gasteiger partial charge >= 0.3 is 6.03 Å². The Hall–Kier alpha value is -0.810. The van der Waals surface area contributed by atoms with Crippen molar-refractivity contribution >= 4 is 6.03 Å². The highest BCUT2D eigenvalue weighted by molar-refractivity contribution is 5.73. The van der Waals surface area contributed by atoms with Crippen LogP contribution >= 0.6 is 0 Å². The van der Waals surface area contributed by atoms with Gasteiger partial charge in [-0.25, -0.2) is 10.6 Å². The first-order chi connectivity index (χ1) is 6.24. The highest BCUT2D eigenvalue weighted by Crippen LogP contribution is 2.15. The third kappa shape index (κ3) is 3.20. The minimum Gasteiger partial charge on any atom is -0.381 e. The second-order valence-corrected chi connectivity index (χ2v) is 3.39. The van der Waals surface area contributed by atoms with Crippen molar-refractivity contribution in [2.45, 2.75) is 12.8 Å². The van der Waals surface area contributed by atoms with Gasteiger partial charge in [0, 0.05) is 26.8 Å². The molecule has 13 heavy (non-hydrogen) atoms. The van der Waals surface area contributed by atoms with Crippen LogP contribution < -0.4 is 11.3 Å². The van der Waals surface area contributed by atoms with Gasteiger partial charge in [-0.1, -0.05) is 0 Å². The highest BCUT2D eigenvalue weighted by Gasteiger charge is 2.17. The van der Waals surface area contributed by atoms with Crippen LogP contribution in [0.25, 0.3) is 0 Å². The number of nitrogens with one attached hydrogen (secondary N) is 1. The topological polar surface area (TPSA) is 67.6 Å². The molecule has 5 heteroatoms. The Bertz CT molecular complexity index is 169. The first kappa shape index (κ1) is 10.3. The maximum Gasteiger partial charge on any atom is 0.331 e. The number of carbonyl (C=O) groups is 1.